The molecule has 0 atom stereocenters. The van der Waals surface area contributed by atoms with Crippen LogP contribution in [0, 0.1) is 5.82 Å². The van der Waals surface area contributed by atoms with E-state index in [1.54, 1.807) is 30.3 Å². The fraction of sp³-hybridized carbons (Fsp3) is 0.150. The SMILES string of the molecule is COc1ccccc1CNC(=O)c1c[nH]c(=O)n(Cc2ccccc2F)c1=O. The normalized spacial score (nSPS) is 10.5. The van der Waals surface area contributed by atoms with Crippen molar-refractivity contribution in [2.75, 3.05) is 7.11 Å². The first kappa shape index (κ1) is 19.1. The van der Waals surface area contributed by atoms with Crippen molar-refractivity contribution in [1.29, 1.82) is 0 Å². The minimum absolute atomic E-state index is 0.134. The molecule has 1 heterocycles. The third kappa shape index (κ3) is 4.01. The van der Waals surface area contributed by atoms with Crippen LogP contribution in [0.5, 0.6) is 5.75 Å². The Morgan fingerprint density at radius 3 is 2.50 bits per heavy atom. The number of hydrogen-bond acceptors (Lipinski definition) is 4. The van der Waals surface area contributed by atoms with Gasteiger partial charge in [-0.2, -0.15) is 0 Å². The van der Waals surface area contributed by atoms with E-state index in [2.05, 4.69) is 10.3 Å². The minimum atomic E-state index is -0.801. The number of aromatic amines is 1. The maximum atomic E-state index is 13.9. The first-order valence-corrected chi connectivity index (χ1v) is 8.47. The van der Waals surface area contributed by atoms with Gasteiger partial charge in [-0.15, -0.1) is 0 Å². The summed E-state index contributed by atoms with van der Waals surface area (Å²) in [6.07, 6.45) is 1.06. The molecule has 2 aromatic carbocycles. The van der Waals surface area contributed by atoms with E-state index in [1.165, 1.54) is 25.3 Å². The van der Waals surface area contributed by atoms with Gasteiger partial charge >= 0.3 is 5.69 Å². The number of nitrogens with zero attached hydrogens (tertiary/aromatic N) is 1. The predicted octanol–water partition coefficient (Wildman–Crippen LogP) is 1.66. The molecule has 3 rings (SSSR count). The topological polar surface area (TPSA) is 93.2 Å². The van der Waals surface area contributed by atoms with Crippen LogP contribution >= 0.6 is 0 Å². The monoisotopic (exact) mass is 383 g/mol. The van der Waals surface area contributed by atoms with Crippen LogP contribution in [-0.2, 0) is 13.1 Å². The van der Waals surface area contributed by atoms with Crippen LogP contribution < -0.4 is 21.3 Å². The van der Waals surface area contributed by atoms with Gasteiger partial charge in [0.1, 0.15) is 17.1 Å². The summed E-state index contributed by atoms with van der Waals surface area (Å²) in [5.41, 5.74) is -0.874. The molecule has 0 bridgehead atoms. The van der Waals surface area contributed by atoms with E-state index in [0.29, 0.717) is 5.75 Å². The minimum Gasteiger partial charge on any atom is -0.496 e. The second kappa shape index (κ2) is 8.34. The zero-order valence-corrected chi connectivity index (χ0v) is 15.1. The van der Waals surface area contributed by atoms with Crippen molar-refractivity contribution < 1.29 is 13.9 Å². The van der Waals surface area contributed by atoms with E-state index in [0.717, 1.165) is 16.3 Å². The van der Waals surface area contributed by atoms with Crippen molar-refractivity contribution in [3.05, 3.63) is 98.1 Å². The lowest BCUT2D eigenvalue weighted by atomic mass is 10.2. The van der Waals surface area contributed by atoms with Crippen molar-refractivity contribution in [3.63, 3.8) is 0 Å². The highest BCUT2D eigenvalue weighted by Gasteiger charge is 2.16. The Labute approximate surface area is 159 Å². The van der Waals surface area contributed by atoms with Gasteiger partial charge in [-0.1, -0.05) is 36.4 Å². The molecule has 7 nitrogen and oxygen atoms in total. The van der Waals surface area contributed by atoms with Crippen molar-refractivity contribution in [3.8, 4) is 5.75 Å². The van der Waals surface area contributed by atoms with Gasteiger partial charge in [0.25, 0.3) is 11.5 Å². The first-order chi connectivity index (χ1) is 13.5. The Hall–Kier alpha value is -3.68. The van der Waals surface area contributed by atoms with Gasteiger partial charge in [0.2, 0.25) is 0 Å². The van der Waals surface area contributed by atoms with Crippen LogP contribution in [0.3, 0.4) is 0 Å². The number of amides is 1. The maximum Gasteiger partial charge on any atom is 0.328 e. The van der Waals surface area contributed by atoms with Crippen LogP contribution in [0.2, 0.25) is 0 Å². The molecular formula is C20H18FN3O4. The number of hydrogen-bond donors (Lipinski definition) is 2. The predicted molar refractivity (Wildman–Crippen MR) is 101 cm³/mol. The molecule has 28 heavy (non-hydrogen) atoms. The summed E-state index contributed by atoms with van der Waals surface area (Å²) in [5, 5.41) is 2.62. The Bertz CT molecular complexity index is 1120. The molecule has 0 unspecified atom stereocenters. The summed E-state index contributed by atoms with van der Waals surface area (Å²) in [6.45, 7) is -0.150. The van der Waals surface area contributed by atoms with E-state index in [-0.39, 0.29) is 24.2 Å². The largest absolute Gasteiger partial charge is 0.496 e. The third-order valence-corrected chi connectivity index (χ3v) is 4.22. The zero-order valence-electron chi connectivity index (χ0n) is 15.1. The summed E-state index contributed by atoms with van der Waals surface area (Å²) < 4.78 is 19.9. The molecule has 1 amide bonds. The van der Waals surface area contributed by atoms with Gasteiger partial charge in [0, 0.05) is 23.9 Å². The van der Waals surface area contributed by atoms with Gasteiger partial charge < -0.3 is 15.0 Å². The fourth-order valence-electron chi connectivity index (χ4n) is 2.73. The highest BCUT2D eigenvalue weighted by atomic mass is 19.1. The first-order valence-electron chi connectivity index (χ1n) is 8.47. The molecule has 2 N–H and O–H groups in total. The number of nitrogens with one attached hydrogen (secondary N) is 2. The molecular weight excluding hydrogens is 365 g/mol. The van der Waals surface area contributed by atoms with Crippen molar-refractivity contribution in [2.45, 2.75) is 13.1 Å². The van der Waals surface area contributed by atoms with Crippen LogP contribution in [-0.4, -0.2) is 22.6 Å². The second-order valence-corrected chi connectivity index (χ2v) is 5.98. The Kier molecular flexibility index (Phi) is 5.69. The average molecular weight is 383 g/mol. The van der Waals surface area contributed by atoms with Crippen LogP contribution in [0.1, 0.15) is 21.5 Å². The van der Waals surface area contributed by atoms with Crippen LogP contribution in [0.25, 0.3) is 0 Å². The molecule has 0 aliphatic carbocycles. The van der Waals surface area contributed by atoms with Crippen LogP contribution in [0.4, 0.5) is 4.39 Å². The van der Waals surface area contributed by atoms with E-state index < -0.39 is 23.0 Å². The van der Waals surface area contributed by atoms with E-state index in [9.17, 15) is 18.8 Å². The van der Waals surface area contributed by atoms with Crippen molar-refractivity contribution >= 4 is 5.91 Å². The molecule has 0 radical (unpaired) electrons. The Morgan fingerprint density at radius 1 is 1.11 bits per heavy atom. The number of benzene rings is 2. The zero-order chi connectivity index (χ0) is 20.1. The van der Waals surface area contributed by atoms with E-state index in [4.69, 9.17) is 4.74 Å². The van der Waals surface area contributed by atoms with Crippen LogP contribution in [0.15, 0.2) is 64.3 Å². The highest BCUT2D eigenvalue weighted by Crippen LogP contribution is 2.16. The van der Waals surface area contributed by atoms with Crippen molar-refractivity contribution in [2.24, 2.45) is 0 Å². The molecule has 1 aromatic heterocycles. The molecule has 0 aliphatic rings. The molecule has 0 fully saturated rings. The maximum absolute atomic E-state index is 13.9. The lowest BCUT2D eigenvalue weighted by Crippen LogP contribution is -2.40. The number of methoxy groups -OCH3 is 1. The molecule has 0 aliphatic heterocycles. The number of rotatable bonds is 6. The summed E-state index contributed by atoms with van der Waals surface area (Å²) in [7, 11) is 1.52. The lowest BCUT2D eigenvalue weighted by Gasteiger charge is -2.10. The number of para-hydroxylation sites is 1. The van der Waals surface area contributed by atoms with Gasteiger partial charge in [0.05, 0.1) is 13.7 Å². The van der Waals surface area contributed by atoms with Gasteiger partial charge in [-0.25, -0.2) is 9.18 Å². The van der Waals surface area contributed by atoms with Gasteiger partial charge in [0.15, 0.2) is 0 Å². The second-order valence-electron chi connectivity index (χ2n) is 5.98. The molecule has 0 spiro atoms. The number of H-pyrrole nitrogens is 1. The average Bonchev–Trinajstić information content (AvgIpc) is 2.70. The highest BCUT2D eigenvalue weighted by molar-refractivity contribution is 5.93. The number of halogens is 1. The standard InChI is InChI=1S/C20H18FN3O4/c1-28-17-9-5-3-6-13(17)10-22-18(25)15-11-23-20(27)24(19(15)26)12-14-7-2-4-8-16(14)21/h2-9,11H,10,12H2,1H3,(H,22,25)(H,23,27). The van der Waals surface area contributed by atoms with E-state index >= 15 is 0 Å². The summed E-state index contributed by atoms with van der Waals surface area (Å²) in [4.78, 5) is 39.5. The molecule has 0 saturated heterocycles. The summed E-state index contributed by atoms with van der Waals surface area (Å²) in [5.74, 6) is -0.601. The summed E-state index contributed by atoms with van der Waals surface area (Å²) >= 11 is 0. The molecule has 3 aromatic rings. The number of aromatic nitrogens is 2. The number of carbonyl (C=O) groups is 1. The molecule has 0 saturated carbocycles. The number of ether oxygens (including phenoxy) is 1. The smallest absolute Gasteiger partial charge is 0.328 e. The Morgan fingerprint density at radius 2 is 1.79 bits per heavy atom. The summed E-state index contributed by atoms with van der Waals surface area (Å²) in [6, 6.07) is 12.9. The van der Waals surface area contributed by atoms with E-state index in [1.807, 2.05) is 0 Å². The molecule has 144 valence electrons. The third-order valence-electron chi connectivity index (χ3n) is 4.22. The number of carbonyl (C=O) groups excluding carboxylic acids is 1. The fourth-order valence-corrected chi connectivity index (χ4v) is 2.73. The lowest BCUT2D eigenvalue weighted by molar-refractivity contribution is 0.0948. The Balaban J connectivity index is 1.84. The molecule has 8 heteroatoms. The van der Waals surface area contributed by atoms with Gasteiger partial charge in [-0.05, 0) is 12.1 Å². The van der Waals surface area contributed by atoms with Gasteiger partial charge in [-0.3, -0.25) is 14.2 Å². The van der Waals surface area contributed by atoms with Crippen molar-refractivity contribution in [1.82, 2.24) is 14.9 Å². The quantitative estimate of drug-likeness (QED) is 0.677.